The van der Waals surface area contributed by atoms with E-state index in [1.165, 1.54) is 15.3 Å². The number of carbonyl (C=O) groups excluding carboxylic acids is 1. The summed E-state index contributed by atoms with van der Waals surface area (Å²) in [7, 11) is 0. The first-order valence-electron chi connectivity index (χ1n) is 7.91. The van der Waals surface area contributed by atoms with Crippen molar-refractivity contribution in [3.8, 4) is 10.6 Å². The number of thiophene rings is 1. The van der Waals surface area contributed by atoms with Gasteiger partial charge in [0, 0.05) is 17.0 Å². The van der Waals surface area contributed by atoms with Gasteiger partial charge in [0.25, 0.3) is 0 Å². The van der Waals surface area contributed by atoms with Crippen LogP contribution in [0.15, 0.2) is 35.7 Å². The van der Waals surface area contributed by atoms with E-state index in [0.29, 0.717) is 6.42 Å². The number of hydrogen-bond acceptors (Lipinski definition) is 4. The van der Waals surface area contributed by atoms with E-state index >= 15 is 0 Å². The molecule has 2 aromatic heterocycles. The molecule has 1 aromatic carbocycles. The minimum Gasteiger partial charge on any atom is -0.326 e. The monoisotopic (exact) mass is 356 g/mol. The summed E-state index contributed by atoms with van der Waals surface area (Å²) < 4.78 is 0. The number of aryl methyl sites for hydroxylation is 3. The van der Waals surface area contributed by atoms with E-state index in [1.807, 2.05) is 32.0 Å². The van der Waals surface area contributed by atoms with Gasteiger partial charge in [0.2, 0.25) is 5.91 Å². The van der Waals surface area contributed by atoms with Crippen LogP contribution in [-0.2, 0) is 11.2 Å². The van der Waals surface area contributed by atoms with Crippen LogP contribution in [0.5, 0.6) is 0 Å². The molecule has 0 bridgehead atoms. The van der Waals surface area contributed by atoms with E-state index < -0.39 is 0 Å². The second-order valence-electron chi connectivity index (χ2n) is 5.78. The van der Waals surface area contributed by atoms with E-state index in [2.05, 4.69) is 34.7 Å². The van der Waals surface area contributed by atoms with Crippen molar-refractivity contribution in [3.05, 3.63) is 56.7 Å². The highest BCUT2D eigenvalue weighted by atomic mass is 32.1. The largest absolute Gasteiger partial charge is 0.326 e. The summed E-state index contributed by atoms with van der Waals surface area (Å²) in [6.45, 7) is 6.10. The first-order valence-corrected chi connectivity index (χ1v) is 9.60. The van der Waals surface area contributed by atoms with Gasteiger partial charge in [-0.2, -0.15) is 0 Å². The van der Waals surface area contributed by atoms with Crippen molar-refractivity contribution in [1.82, 2.24) is 4.98 Å². The Labute approximate surface area is 150 Å². The number of nitrogens with one attached hydrogen (secondary N) is 1. The molecule has 3 nitrogen and oxygen atoms in total. The Morgan fingerprint density at radius 2 is 2.00 bits per heavy atom. The van der Waals surface area contributed by atoms with E-state index in [9.17, 15) is 4.79 Å². The smallest absolute Gasteiger partial charge is 0.224 e. The average Bonchev–Trinajstić information content (AvgIpc) is 3.19. The molecule has 0 radical (unpaired) electrons. The van der Waals surface area contributed by atoms with Crippen LogP contribution in [0.4, 0.5) is 5.69 Å². The Morgan fingerprint density at radius 1 is 1.17 bits per heavy atom. The van der Waals surface area contributed by atoms with Gasteiger partial charge in [-0.05, 0) is 55.8 Å². The molecule has 0 saturated carbocycles. The van der Waals surface area contributed by atoms with Crippen LogP contribution in [-0.4, -0.2) is 10.9 Å². The standard InChI is InChI=1S/C19H20N2OS2/c1-12-6-4-7-15(13(12)2)21-18(22)10-9-17-19(20-14(3)24-17)16-8-5-11-23-16/h4-8,11H,9-10H2,1-3H3,(H,21,22). The summed E-state index contributed by atoms with van der Waals surface area (Å²) in [4.78, 5) is 19.3. The van der Waals surface area contributed by atoms with Gasteiger partial charge in [0.1, 0.15) is 0 Å². The summed E-state index contributed by atoms with van der Waals surface area (Å²) in [6.07, 6.45) is 1.18. The summed E-state index contributed by atoms with van der Waals surface area (Å²) in [5, 5.41) is 6.13. The first-order chi connectivity index (χ1) is 11.5. The number of thiazole rings is 1. The van der Waals surface area contributed by atoms with Crippen LogP contribution in [0.25, 0.3) is 10.6 Å². The van der Waals surface area contributed by atoms with E-state index in [0.717, 1.165) is 28.4 Å². The molecule has 0 unspecified atom stereocenters. The van der Waals surface area contributed by atoms with Crippen LogP contribution < -0.4 is 5.32 Å². The van der Waals surface area contributed by atoms with E-state index in [4.69, 9.17) is 0 Å². The topological polar surface area (TPSA) is 42.0 Å². The molecule has 24 heavy (non-hydrogen) atoms. The minimum atomic E-state index is 0.0480. The molecule has 0 spiro atoms. The zero-order valence-corrected chi connectivity index (χ0v) is 15.7. The molecule has 0 aliphatic heterocycles. The molecule has 0 fully saturated rings. The van der Waals surface area contributed by atoms with Gasteiger partial charge in [-0.3, -0.25) is 4.79 Å². The summed E-state index contributed by atoms with van der Waals surface area (Å²) in [6, 6.07) is 10.1. The molecule has 1 N–H and O–H groups in total. The summed E-state index contributed by atoms with van der Waals surface area (Å²) in [5.41, 5.74) is 4.25. The fraction of sp³-hybridized carbons (Fsp3) is 0.263. The Kier molecular flexibility index (Phi) is 5.11. The van der Waals surface area contributed by atoms with Crippen molar-refractivity contribution >= 4 is 34.3 Å². The molecular formula is C19H20N2OS2. The van der Waals surface area contributed by atoms with Crippen LogP contribution >= 0.6 is 22.7 Å². The van der Waals surface area contributed by atoms with Crippen molar-refractivity contribution in [2.45, 2.75) is 33.6 Å². The third-order valence-corrected chi connectivity index (χ3v) is 5.92. The Hall–Kier alpha value is -1.98. The fourth-order valence-electron chi connectivity index (χ4n) is 2.57. The maximum Gasteiger partial charge on any atom is 0.224 e. The average molecular weight is 357 g/mol. The number of benzene rings is 1. The van der Waals surface area contributed by atoms with Crippen LogP contribution in [0.1, 0.15) is 27.4 Å². The zero-order valence-electron chi connectivity index (χ0n) is 14.1. The SMILES string of the molecule is Cc1nc(-c2cccs2)c(CCC(=O)Nc2cccc(C)c2C)s1. The maximum absolute atomic E-state index is 12.3. The lowest BCUT2D eigenvalue weighted by atomic mass is 10.1. The number of rotatable bonds is 5. The normalized spacial score (nSPS) is 10.8. The third-order valence-electron chi connectivity index (χ3n) is 4.02. The lowest BCUT2D eigenvalue weighted by Gasteiger charge is -2.10. The molecular weight excluding hydrogens is 336 g/mol. The van der Waals surface area contributed by atoms with Crippen LogP contribution in [0.2, 0.25) is 0 Å². The van der Waals surface area contributed by atoms with E-state index in [-0.39, 0.29) is 5.91 Å². The number of anilines is 1. The Bertz CT molecular complexity index is 850. The van der Waals surface area contributed by atoms with Crippen LogP contribution in [0, 0.1) is 20.8 Å². The molecule has 0 aliphatic rings. The van der Waals surface area contributed by atoms with Gasteiger partial charge in [-0.1, -0.05) is 18.2 Å². The zero-order chi connectivity index (χ0) is 17.1. The molecule has 0 atom stereocenters. The number of nitrogens with zero attached hydrogens (tertiary/aromatic N) is 1. The van der Waals surface area contributed by atoms with Crippen molar-refractivity contribution in [3.63, 3.8) is 0 Å². The molecule has 0 saturated heterocycles. The lowest BCUT2D eigenvalue weighted by molar-refractivity contribution is -0.116. The van der Waals surface area contributed by atoms with E-state index in [1.54, 1.807) is 22.7 Å². The van der Waals surface area contributed by atoms with Crippen LogP contribution in [0.3, 0.4) is 0 Å². The maximum atomic E-state index is 12.3. The highest BCUT2D eigenvalue weighted by Crippen LogP contribution is 2.32. The quantitative estimate of drug-likeness (QED) is 0.668. The van der Waals surface area contributed by atoms with Crippen molar-refractivity contribution in [2.24, 2.45) is 0 Å². The molecule has 124 valence electrons. The second-order valence-corrected chi connectivity index (χ2v) is 8.01. The fourth-order valence-corrected chi connectivity index (χ4v) is 4.33. The van der Waals surface area contributed by atoms with Crippen molar-refractivity contribution in [1.29, 1.82) is 0 Å². The van der Waals surface area contributed by atoms with Gasteiger partial charge in [-0.25, -0.2) is 4.98 Å². The van der Waals surface area contributed by atoms with Crippen molar-refractivity contribution in [2.75, 3.05) is 5.32 Å². The molecule has 5 heteroatoms. The first kappa shape index (κ1) is 16.9. The molecule has 3 aromatic rings. The Morgan fingerprint density at radius 3 is 2.75 bits per heavy atom. The van der Waals surface area contributed by atoms with Gasteiger partial charge >= 0.3 is 0 Å². The van der Waals surface area contributed by atoms with Gasteiger partial charge in [-0.15, -0.1) is 22.7 Å². The molecule has 1 amide bonds. The van der Waals surface area contributed by atoms with Gasteiger partial charge < -0.3 is 5.32 Å². The third kappa shape index (κ3) is 3.74. The Balaban J connectivity index is 1.68. The predicted octanol–water partition coefficient (Wildman–Crippen LogP) is 5.37. The van der Waals surface area contributed by atoms with Gasteiger partial charge in [0.05, 0.1) is 15.6 Å². The number of carbonyl (C=O) groups is 1. The second kappa shape index (κ2) is 7.28. The number of aromatic nitrogens is 1. The minimum absolute atomic E-state index is 0.0480. The summed E-state index contributed by atoms with van der Waals surface area (Å²) >= 11 is 3.37. The van der Waals surface area contributed by atoms with Gasteiger partial charge in [0.15, 0.2) is 0 Å². The highest BCUT2D eigenvalue weighted by Gasteiger charge is 2.14. The predicted molar refractivity (Wildman–Crippen MR) is 103 cm³/mol. The number of amides is 1. The summed E-state index contributed by atoms with van der Waals surface area (Å²) in [5.74, 6) is 0.0480. The molecule has 2 heterocycles. The van der Waals surface area contributed by atoms with Crippen molar-refractivity contribution < 1.29 is 4.79 Å². The lowest BCUT2D eigenvalue weighted by Crippen LogP contribution is -2.13. The number of hydrogen-bond donors (Lipinski definition) is 1. The molecule has 0 aliphatic carbocycles. The highest BCUT2D eigenvalue weighted by molar-refractivity contribution is 7.15. The molecule has 3 rings (SSSR count).